The lowest BCUT2D eigenvalue weighted by Crippen LogP contribution is -2.39. The SMILES string of the molecule is COc1cc(NC(=O)C2CCN(c3nc4ccccc4n3Cc3ccccc3C)CC2)cc(OC)c1. The number of nitrogens with one attached hydrogen (secondary N) is 1. The zero-order valence-electron chi connectivity index (χ0n) is 21.0. The average Bonchev–Trinajstić information content (AvgIpc) is 3.28. The molecule has 3 aromatic carbocycles. The number of anilines is 2. The molecule has 0 spiro atoms. The second kappa shape index (κ2) is 10.3. The highest BCUT2D eigenvalue weighted by Gasteiger charge is 2.28. The van der Waals surface area contributed by atoms with E-state index in [9.17, 15) is 4.79 Å². The number of nitrogens with zero attached hydrogens (tertiary/aromatic N) is 3. The smallest absolute Gasteiger partial charge is 0.227 e. The number of carbonyl (C=O) groups is 1. The molecular formula is C29H32N4O3. The van der Waals surface area contributed by atoms with E-state index in [2.05, 4.69) is 64.2 Å². The number of piperidine rings is 1. The molecule has 1 aromatic heterocycles. The molecule has 0 radical (unpaired) electrons. The van der Waals surface area contributed by atoms with Crippen LogP contribution in [-0.2, 0) is 11.3 Å². The Morgan fingerprint density at radius 3 is 2.33 bits per heavy atom. The van der Waals surface area contributed by atoms with Crippen LogP contribution in [0.25, 0.3) is 11.0 Å². The number of rotatable bonds is 7. The van der Waals surface area contributed by atoms with Crippen molar-refractivity contribution in [3.63, 3.8) is 0 Å². The summed E-state index contributed by atoms with van der Waals surface area (Å²) in [6.07, 6.45) is 1.53. The maximum atomic E-state index is 13.1. The van der Waals surface area contributed by atoms with Crippen LogP contribution in [0.1, 0.15) is 24.0 Å². The fraction of sp³-hybridized carbons (Fsp3) is 0.310. The molecule has 1 amide bonds. The number of carbonyl (C=O) groups excluding carboxylic acids is 1. The number of aromatic nitrogens is 2. The summed E-state index contributed by atoms with van der Waals surface area (Å²) in [5.41, 5.74) is 5.35. The number of amides is 1. The summed E-state index contributed by atoms with van der Waals surface area (Å²) in [6, 6.07) is 22.2. The van der Waals surface area contributed by atoms with Crippen LogP contribution >= 0.6 is 0 Å². The fourth-order valence-corrected chi connectivity index (χ4v) is 4.88. The summed E-state index contributed by atoms with van der Waals surface area (Å²) < 4.78 is 13.0. The molecule has 1 fully saturated rings. The molecule has 1 aliphatic rings. The van der Waals surface area contributed by atoms with Crippen LogP contribution in [-0.4, -0.2) is 42.8 Å². The van der Waals surface area contributed by atoms with Crippen LogP contribution in [0.5, 0.6) is 11.5 Å². The van der Waals surface area contributed by atoms with Gasteiger partial charge < -0.3 is 24.3 Å². The van der Waals surface area contributed by atoms with E-state index >= 15 is 0 Å². The van der Waals surface area contributed by atoms with Crippen molar-refractivity contribution < 1.29 is 14.3 Å². The predicted molar refractivity (Wildman–Crippen MR) is 143 cm³/mol. The second-order valence-electron chi connectivity index (χ2n) is 9.27. The van der Waals surface area contributed by atoms with Crippen molar-refractivity contribution in [3.05, 3.63) is 77.9 Å². The first-order chi connectivity index (χ1) is 17.6. The van der Waals surface area contributed by atoms with Gasteiger partial charge in [0.1, 0.15) is 11.5 Å². The topological polar surface area (TPSA) is 68.6 Å². The third kappa shape index (κ3) is 4.87. The zero-order valence-corrected chi connectivity index (χ0v) is 21.0. The van der Waals surface area contributed by atoms with Crippen molar-refractivity contribution in [2.75, 3.05) is 37.5 Å². The molecule has 1 N–H and O–H groups in total. The molecule has 0 bridgehead atoms. The van der Waals surface area contributed by atoms with Gasteiger partial charge in [-0.15, -0.1) is 0 Å². The summed E-state index contributed by atoms with van der Waals surface area (Å²) in [6.45, 7) is 4.46. The third-order valence-corrected chi connectivity index (χ3v) is 6.99. The van der Waals surface area contributed by atoms with Crippen LogP contribution in [0.3, 0.4) is 0 Å². The van der Waals surface area contributed by atoms with E-state index in [-0.39, 0.29) is 11.8 Å². The van der Waals surface area contributed by atoms with E-state index in [0.717, 1.165) is 49.5 Å². The highest BCUT2D eigenvalue weighted by Crippen LogP contribution is 2.30. The molecule has 1 saturated heterocycles. The first kappa shape index (κ1) is 23.7. The van der Waals surface area contributed by atoms with E-state index in [1.54, 1.807) is 20.3 Å². The van der Waals surface area contributed by atoms with Gasteiger partial charge in [0.2, 0.25) is 11.9 Å². The Kier molecular flexibility index (Phi) is 6.80. The summed E-state index contributed by atoms with van der Waals surface area (Å²) in [4.78, 5) is 20.4. The average molecular weight is 485 g/mol. The molecule has 7 nitrogen and oxygen atoms in total. The number of methoxy groups -OCH3 is 2. The molecule has 7 heteroatoms. The molecule has 4 aromatic rings. The van der Waals surface area contributed by atoms with E-state index < -0.39 is 0 Å². The molecule has 36 heavy (non-hydrogen) atoms. The number of hydrogen-bond acceptors (Lipinski definition) is 5. The first-order valence-electron chi connectivity index (χ1n) is 12.3. The number of para-hydroxylation sites is 2. The van der Waals surface area contributed by atoms with E-state index in [4.69, 9.17) is 14.5 Å². The van der Waals surface area contributed by atoms with Gasteiger partial charge in [-0.1, -0.05) is 36.4 Å². The van der Waals surface area contributed by atoms with Crippen LogP contribution in [0.15, 0.2) is 66.7 Å². The van der Waals surface area contributed by atoms with Crippen molar-refractivity contribution in [3.8, 4) is 11.5 Å². The summed E-state index contributed by atoms with van der Waals surface area (Å²) in [5.74, 6) is 2.22. The minimum atomic E-state index is -0.0624. The Labute approximate surface area is 211 Å². The van der Waals surface area contributed by atoms with Gasteiger partial charge in [0, 0.05) is 42.9 Å². The van der Waals surface area contributed by atoms with Gasteiger partial charge in [-0.2, -0.15) is 0 Å². The molecular weight excluding hydrogens is 452 g/mol. The standard InChI is InChI=1S/C29H32N4O3/c1-20-8-4-5-9-22(20)19-33-27-11-7-6-10-26(27)31-29(33)32-14-12-21(13-15-32)28(34)30-23-16-24(35-2)18-25(17-23)36-3/h4-11,16-18,21H,12-15,19H2,1-3H3,(H,30,34). The molecule has 186 valence electrons. The van der Waals surface area contributed by atoms with E-state index in [1.807, 2.05) is 18.2 Å². The van der Waals surface area contributed by atoms with E-state index in [1.165, 1.54) is 11.1 Å². The van der Waals surface area contributed by atoms with Crippen LogP contribution in [0.4, 0.5) is 11.6 Å². The third-order valence-electron chi connectivity index (χ3n) is 6.99. The molecule has 2 heterocycles. The minimum Gasteiger partial charge on any atom is -0.497 e. The molecule has 0 saturated carbocycles. The van der Waals surface area contributed by atoms with Gasteiger partial charge in [0.05, 0.1) is 31.8 Å². The van der Waals surface area contributed by atoms with Crippen molar-refractivity contribution >= 4 is 28.6 Å². The van der Waals surface area contributed by atoms with Gasteiger partial charge in [0.25, 0.3) is 0 Å². The summed E-state index contributed by atoms with van der Waals surface area (Å²) in [5, 5.41) is 3.05. The van der Waals surface area contributed by atoms with Gasteiger partial charge >= 0.3 is 0 Å². The van der Waals surface area contributed by atoms with Crippen molar-refractivity contribution in [1.82, 2.24) is 9.55 Å². The maximum Gasteiger partial charge on any atom is 0.227 e. The number of fused-ring (bicyclic) bond motifs is 1. The van der Waals surface area contributed by atoms with Crippen LogP contribution in [0.2, 0.25) is 0 Å². The largest absolute Gasteiger partial charge is 0.497 e. The first-order valence-corrected chi connectivity index (χ1v) is 12.3. The lowest BCUT2D eigenvalue weighted by atomic mass is 9.96. The zero-order chi connectivity index (χ0) is 25.1. The Balaban J connectivity index is 1.32. The quantitative estimate of drug-likeness (QED) is 0.387. The van der Waals surface area contributed by atoms with Crippen LogP contribution in [0, 0.1) is 12.8 Å². The highest BCUT2D eigenvalue weighted by atomic mass is 16.5. The Morgan fingerprint density at radius 2 is 1.64 bits per heavy atom. The van der Waals surface area contributed by atoms with Crippen molar-refractivity contribution in [2.45, 2.75) is 26.3 Å². The number of benzene rings is 3. The Hall–Kier alpha value is -4.00. The van der Waals surface area contributed by atoms with Gasteiger partial charge in [-0.05, 0) is 43.0 Å². The number of aryl methyl sites for hydroxylation is 1. The monoisotopic (exact) mass is 484 g/mol. The van der Waals surface area contributed by atoms with Gasteiger partial charge in [-0.25, -0.2) is 4.98 Å². The number of ether oxygens (including phenoxy) is 2. The molecule has 5 rings (SSSR count). The Morgan fingerprint density at radius 1 is 0.972 bits per heavy atom. The molecule has 1 aliphatic heterocycles. The Bertz CT molecular complexity index is 1350. The lowest BCUT2D eigenvalue weighted by Gasteiger charge is -2.32. The molecule has 0 aliphatic carbocycles. The normalized spacial score (nSPS) is 14.1. The second-order valence-corrected chi connectivity index (χ2v) is 9.27. The number of hydrogen-bond donors (Lipinski definition) is 1. The highest BCUT2D eigenvalue weighted by molar-refractivity contribution is 5.93. The van der Waals surface area contributed by atoms with Gasteiger partial charge in [-0.3, -0.25) is 4.79 Å². The lowest BCUT2D eigenvalue weighted by molar-refractivity contribution is -0.120. The molecule has 0 atom stereocenters. The van der Waals surface area contributed by atoms with Gasteiger partial charge in [0.15, 0.2) is 0 Å². The van der Waals surface area contributed by atoms with Crippen LogP contribution < -0.4 is 19.7 Å². The summed E-state index contributed by atoms with van der Waals surface area (Å²) >= 11 is 0. The fourth-order valence-electron chi connectivity index (χ4n) is 4.88. The van der Waals surface area contributed by atoms with E-state index in [0.29, 0.717) is 17.2 Å². The predicted octanol–water partition coefficient (Wildman–Crippen LogP) is 5.27. The minimum absolute atomic E-state index is 0.0263. The number of imidazole rings is 1. The van der Waals surface area contributed by atoms with Crippen molar-refractivity contribution in [1.29, 1.82) is 0 Å². The van der Waals surface area contributed by atoms with Crippen molar-refractivity contribution in [2.24, 2.45) is 5.92 Å². The summed E-state index contributed by atoms with van der Waals surface area (Å²) in [7, 11) is 3.20. The maximum absolute atomic E-state index is 13.1. The molecule has 0 unspecified atom stereocenters.